The van der Waals surface area contributed by atoms with Gasteiger partial charge in [0.05, 0.1) is 10.6 Å². The number of nitrogens with zero attached hydrogens (tertiary/aromatic N) is 1. The first-order valence-corrected chi connectivity index (χ1v) is 8.31. The highest BCUT2D eigenvalue weighted by Crippen LogP contribution is 2.24. The van der Waals surface area contributed by atoms with Gasteiger partial charge >= 0.3 is 0 Å². The first-order valence-electron chi connectivity index (χ1n) is 6.87. The second kappa shape index (κ2) is 6.28. The Bertz CT molecular complexity index is 727. The van der Waals surface area contributed by atoms with Gasteiger partial charge in [-0.2, -0.15) is 0 Å². The van der Waals surface area contributed by atoms with Crippen molar-refractivity contribution in [2.75, 3.05) is 10.8 Å². The Balaban J connectivity index is 2.49. The molecule has 2 rings (SSSR count). The minimum atomic E-state index is -3.58. The Hall–Kier alpha value is -1.85. The molecule has 0 radical (unpaired) electrons. The fraction of sp³-hybridized carbons (Fsp3) is 0.250. The van der Waals surface area contributed by atoms with Gasteiger partial charge in [-0.15, -0.1) is 0 Å². The molecule has 112 valence electrons. The van der Waals surface area contributed by atoms with Crippen molar-refractivity contribution in [3.05, 3.63) is 59.7 Å². The number of rotatable bonds is 5. The third-order valence-electron chi connectivity index (χ3n) is 3.30. The van der Waals surface area contributed by atoms with Gasteiger partial charge in [-0.25, -0.2) is 8.42 Å². The molecule has 2 aromatic rings. The lowest BCUT2D eigenvalue weighted by Crippen LogP contribution is -2.30. The third kappa shape index (κ3) is 3.25. The molecule has 0 aromatic heterocycles. The highest BCUT2D eigenvalue weighted by atomic mass is 32.2. The Labute approximate surface area is 126 Å². The number of hydrogen-bond acceptors (Lipinski definition) is 3. The second-order valence-electron chi connectivity index (χ2n) is 4.86. The Morgan fingerprint density at radius 2 is 1.81 bits per heavy atom. The third-order valence-corrected chi connectivity index (χ3v) is 5.20. The minimum absolute atomic E-state index is 0.272. The summed E-state index contributed by atoms with van der Waals surface area (Å²) in [5.74, 6) is 0. The van der Waals surface area contributed by atoms with E-state index in [0.29, 0.717) is 18.8 Å². The summed E-state index contributed by atoms with van der Waals surface area (Å²) in [6, 6.07) is 14.3. The molecule has 0 aliphatic rings. The highest BCUT2D eigenvalue weighted by Gasteiger charge is 2.23. The molecular formula is C16H20N2O2S. The zero-order chi connectivity index (χ0) is 15.5. The molecule has 0 bridgehead atoms. The Morgan fingerprint density at radius 3 is 2.43 bits per heavy atom. The fourth-order valence-electron chi connectivity index (χ4n) is 2.23. The van der Waals surface area contributed by atoms with Crippen molar-refractivity contribution < 1.29 is 8.42 Å². The van der Waals surface area contributed by atoms with E-state index in [1.165, 1.54) is 4.31 Å². The summed E-state index contributed by atoms with van der Waals surface area (Å²) in [7, 11) is -3.58. The predicted octanol–water partition coefficient (Wildman–Crippen LogP) is 2.67. The van der Waals surface area contributed by atoms with E-state index in [1.807, 2.05) is 38.1 Å². The van der Waals surface area contributed by atoms with Crippen molar-refractivity contribution in [2.45, 2.75) is 25.3 Å². The van der Waals surface area contributed by atoms with Gasteiger partial charge in [0.15, 0.2) is 0 Å². The molecule has 0 aliphatic heterocycles. The largest absolute Gasteiger partial charge is 0.326 e. The molecule has 5 heteroatoms. The molecule has 0 unspecified atom stereocenters. The summed E-state index contributed by atoms with van der Waals surface area (Å²) >= 11 is 0. The van der Waals surface area contributed by atoms with Crippen LogP contribution >= 0.6 is 0 Å². The zero-order valence-corrected chi connectivity index (χ0v) is 13.1. The van der Waals surface area contributed by atoms with E-state index in [-0.39, 0.29) is 4.90 Å². The van der Waals surface area contributed by atoms with Crippen molar-refractivity contribution in [3.8, 4) is 0 Å². The molecule has 0 atom stereocenters. The van der Waals surface area contributed by atoms with E-state index < -0.39 is 10.0 Å². The van der Waals surface area contributed by atoms with E-state index >= 15 is 0 Å². The molecule has 2 N–H and O–H groups in total. The van der Waals surface area contributed by atoms with Gasteiger partial charge in [0.25, 0.3) is 10.0 Å². The molecule has 2 aromatic carbocycles. The summed E-state index contributed by atoms with van der Waals surface area (Å²) in [5, 5.41) is 0. The second-order valence-corrected chi connectivity index (χ2v) is 6.72. The van der Waals surface area contributed by atoms with Crippen LogP contribution in [0.1, 0.15) is 18.1 Å². The van der Waals surface area contributed by atoms with Crippen LogP contribution in [0.5, 0.6) is 0 Å². The van der Waals surface area contributed by atoms with Crippen LogP contribution in [0.2, 0.25) is 0 Å². The smallest absolute Gasteiger partial charge is 0.264 e. The maximum absolute atomic E-state index is 12.8. The lowest BCUT2D eigenvalue weighted by atomic mass is 10.2. The molecule has 0 saturated carbocycles. The van der Waals surface area contributed by atoms with Crippen molar-refractivity contribution in [1.29, 1.82) is 0 Å². The fourth-order valence-corrected chi connectivity index (χ4v) is 3.77. The van der Waals surface area contributed by atoms with Gasteiger partial charge in [-0.05, 0) is 49.2 Å². The summed E-state index contributed by atoms with van der Waals surface area (Å²) < 4.78 is 27.1. The Kier molecular flexibility index (Phi) is 4.65. The first kappa shape index (κ1) is 15.5. The zero-order valence-electron chi connectivity index (χ0n) is 12.3. The summed E-state index contributed by atoms with van der Waals surface area (Å²) in [6.45, 7) is 4.46. The van der Waals surface area contributed by atoms with Gasteiger partial charge < -0.3 is 5.73 Å². The first-order chi connectivity index (χ1) is 9.98. The molecule has 0 aliphatic carbocycles. The Morgan fingerprint density at radius 1 is 1.10 bits per heavy atom. The molecule has 0 heterocycles. The average molecular weight is 304 g/mol. The average Bonchev–Trinajstić information content (AvgIpc) is 2.48. The van der Waals surface area contributed by atoms with Crippen LogP contribution in [0, 0.1) is 6.92 Å². The van der Waals surface area contributed by atoms with Crippen LogP contribution in [0.25, 0.3) is 0 Å². The number of aryl methyl sites for hydroxylation is 1. The number of sulfonamides is 1. The molecule has 0 saturated heterocycles. The summed E-state index contributed by atoms with van der Waals surface area (Å²) in [4.78, 5) is 0.272. The van der Waals surface area contributed by atoms with Crippen LogP contribution in [0.15, 0.2) is 53.4 Å². The monoisotopic (exact) mass is 304 g/mol. The highest BCUT2D eigenvalue weighted by molar-refractivity contribution is 7.92. The topological polar surface area (TPSA) is 63.4 Å². The molecule has 4 nitrogen and oxygen atoms in total. The van der Waals surface area contributed by atoms with Gasteiger partial charge in [-0.1, -0.05) is 24.3 Å². The molecule has 0 spiro atoms. The number of hydrogen-bond donors (Lipinski definition) is 1. The van der Waals surface area contributed by atoms with Crippen molar-refractivity contribution in [3.63, 3.8) is 0 Å². The van der Waals surface area contributed by atoms with Gasteiger partial charge in [0.2, 0.25) is 0 Å². The van der Waals surface area contributed by atoms with Crippen molar-refractivity contribution in [2.24, 2.45) is 5.73 Å². The standard InChI is InChI=1S/C16H20N2O2S/c1-3-18(15-8-4-6-13(2)10-15)21(19,20)16-9-5-7-14(11-16)12-17/h4-11H,3,12,17H2,1-2H3. The minimum Gasteiger partial charge on any atom is -0.326 e. The van der Waals surface area contributed by atoms with Crippen LogP contribution in [0.4, 0.5) is 5.69 Å². The van der Waals surface area contributed by atoms with Crippen molar-refractivity contribution in [1.82, 2.24) is 0 Å². The molecule has 21 heavy (non-hydrogen) atoms. The number of anilines is 1. The maximum atomic E-state index is 12.8. The molecule has 0 amide bonds. The van der Waals surface area contributed by atoms with E-state index in [9.17, 15) is 8.42 Å². The number of nitrogens with two attached hydrogens (primary N) is 1. The number of benzene rings is 2. The summed E-state index contributed by atoms with van der Waals surface area (Å²) in [6.07, 6.45) is 0. The SMILES string of the molecule is CCN(c1cccc(C)c1)S(=O)(=O)c1cccc(CN)c1. The normalized spacial score (nSPS) is 11.4. The predicted molar refractivity (Wildman–Crippen MR) is 85.7 cm³/mol. The van der Waals surface area contributed by atoms with Crippen LogP contribution in [-0.4, -0.2) is 15.0 Å². The van der Waals surface area contributed by atoms with E-state index in [0.717, 1.165) is 11.1 Å². The van der Waals surface area contributed by atoms with Crippen molar-refractivity contribution >= 4 is 15.7 Å². The van der Waals surface area contributed by atoms with Crippen LogP contribution in [-0.2, 0) is 16.6 Å². The maximum Gasteiger partial charge on any atom is 0.264 e. The van der Waals surface area contributed by atoms with Gasteiger partial charge in [0, 0.05) is 13.1 Å². The van der Waals surface area contributed by atoms with Crippen LogP contribution < -0.4 is 10.0 Å². The summed E-state index contributed by atoms with van der Waals surface area (Å²) in [5.41, 5.74) is 8.10. The van der Waals surface area contributed by atoms with Gasteiger partial charge in [-0.3, -0.25) is 4.31 Å². The van der Waals surface area contributed by atoms with E-state index in [4.69, 9.17) is 5.73 Å². The van der Waals surface area contributed by atoms with E-state index in [2.05, 4.69) is 0 Å². The molecule has 0 fully saturated rings. The van der Waals surface area contributed by atoms with E-state index in [1.54, 1.807) is 24.3 Å². The molecular weight excluding hydrogens is 284 g/mol. The van der Waals surface area contributed by atoms with Gasteiger partial charge in [0.1, 0.15) is 0 Å². The lowest BCUT2D eigenvalue weighted by molar-refractivity contribution is 0.591. The van der Waals surface area contributed by atoms with Crippen LogP contribution in [0.3, 0.4) is 0 Å². The quantitative estimate of drug-likeness (QED) is 0.923. The lowest BCUT2D eigenvalue weighted by Gasteiger charge is -2.23.